The van der Waals surface area contributed by atoms with Crippen LogP contribution in [-0.4, -0.2) is 61.5 Å². The number of rotatable bonds is 6. The van der Waals surface area contributed by atoms with Gasteiger partial charge in [0.25, 0.3) is 5.91 Å². The molecule has 30 heavy (non-hydrogen) atoms. The summed E-state index contributed by atoms with van der Waals surface area (Å²) in [5, 5.41) is 0. The molecule has 2 aliphatic rings. The van der Waals surface area contributed by atoms with Crippen molar-refractivity contribution >= 4 is 22.9 Å². The lowest BCUT2D eigenvalue weighted by molar-refractivity contribution is 0.0756. The number of anilines is 1. The summed E-state index contributed by atoms with van der Waals surface area (Å²) in [5.74, 6) is 0.258. The fraction of sp³-hybridized carbons (Fsp3) is 0.560. The molecular formula is C25H35N3OS. The van der Waals surface area contributed by atoms with Crippen LogP contribution < -0.4 is 4.90 Å². The summed E-state index contributed by atoms with van der Waals surface area (Å²) in [6.07, 6.45) is 4.42. The number of thiophene rings is 1. The lowest BCUT2D eigenvalue weighted by Crippen LogP contribution is -2.47. The highest BCUT2D eigenvalue weighted by Crippen LogP contribution is 2.27. The molecule has 4 nitrogen and oxygen atoms in total. The van der Waals surface area contributed by atoms with E-state index in [-0.39, 0.29) is 5.91 Å². The van der Waals surface area contributed by atoms with Crippen LogP contribution >= 0.6 is 11.3 Å². The molecule has 4 rings (SSSR count). The van der Waals surface area contributed by atoms with Crippen LogP contribution in [0.25, 0.3) is 0 Å². The summed E-state index contributed by atoms with van der Waals surface area (Å²) < 4.78 is 0. The zero-order valence-corrected chi connectivity index (χ0v) is 19.6. The van der Waals surface area contributed by atoms with Gasteiger partial charge in [0.1, 0.15) is 0 Å². The van der Waals surface area contributed by atoms with Crippen molar-refractivity contribution < 1.29 is 4.79 Å². The Morgan fingerprint density at radius 2 is 1.73 bits per heavy atom. The lowest BCUT2D eigenvalue weighted by Gasteiger charge is -2.37. The molecule has 3 heterocycles. The van der Waals surface area contributed by atoms with E-state index in [2.05, 4.69) is 59.7 Å². The van der Waals surface area contributed by atoms with E-state index in [0.29, 0.717) is 0 Å². The van der Waals surface area contributed by atoms with Crippen LogP contribution in [0.3, 0.4) is 0 Å². The number of nitrogens with zero attached hydrogens (tertiary/aromatic N) is 3. The van der Waals surface area contributed by atoms with E-state index in [1.165, 1.54) is 33.0 Å². The van der Waals surface area contributed by atoms with Crippen LogP contribution in [0.15, 0.2) is 24.3 Å². The molecule has 0 bridgehead atoms. The van der Waals surface area contributed by atoms with Gasteiger partial charge in [0, 0.05) is 54.7 Å². The molecule has 0 spiro atoms. The minimum atomic E-state index is 0.258. The highest BCUT2D eigenvalue weighted by Gasteiger charge is 2.24. The third-order valence-electron chi connectivity index (χ3n) is 6.72. The van der Waals surface area contributed by atoms with Gasteiger partial charge in [-0.25, -0.2) is 0 Å². The molecule has 2 aliphatic heterocycles. The largest absolute Gasteiger partial charge is 0.369 e. The zero-order valence-electron chi connectivity index (χ0n) is 18.7. The predicted octanol–water partition coefficient (Wildman–Crippen LogP) is 4.66. The summed E-state index contributed by atoms with van der Waals surface area (Å²) in [7, 11) is 0. The van der Waals surface area contributed by atoms with Gasteiger partial charge in [-0.3, -0.25) is 9.69 Å². The Labute approximate surface area is 185 Å². The van der Waals surface area contributed by atoms with Crippen LogP contribution in [-0.2, 0) is 6.42 Å². The second kappa shape index (κ2) is 9.52. The van der Waals surface area contributed by atoms with Gasteiger partial charge < -0.3 is 9.80 Å². The Kier molecular flexibility index (Phi) is 6.79. The van der Waals surface area contributed by atoms with Crippen LogP contribution in [0.2, 0.25) is 0 Å². The second-order valence-corrected chi connectivity index (χ2v) is 10.2. The maximum atomic E-state index is 12.9. The highest BCUT2D eigenvalue weighted by molar-refractivity contribution is 7.12. The Morgan fingerprint density at radius 3 is 2.53 bits per heavy atom. The van der Waals surface area contributed by atoms with E-state index in [4.69, 9.17) is 0 Å². The molecule has 0 radical (unpaired) electrons. The fourth-order valence-electron chi connectivity index (χ4n) is 4.77. The minimum Gasteiger partial charge on any atom is -0.369 e. The van der Waals surface area contributed by atoms with Gasteiger partial charge >= 0.3 is 0 Å². The predicted molar refractivity (Wildman–Crippen MR) is 127 cm³/mol. The molecule has 0 unspecified atom stereocenters. The summed E-state index contributed by atoms with van der Waals surface area (Å²) >= 11 is 1.80. The van der Waals surface area contributed by atoms with E-state index >= 15 is 0 Å². The van der Waals surface area contributed by atoms with Gasteiger partial charge in [0.15, 0.2) is 0 Å². The molecule has 1 aromatic carbocycles. The minimum absolute atomic E-state index is 0.258. The number of unbranched alkanes of at least 4 members (excludes halogenated alkanes) is 1. The molecule has 1 amide bonds. The first-order valence-electron chi connectivity index (χ1n) is 11.4. The topological polar surface area (TPSA) is 26.8 Å². The van der Waals surface area contributed by atoms with Gasteiger partial charge in [0.05, 0.1) is 5.56 Å². The summed E-state index contributed by atoms with van der Waals surface area (Å²) in [6, 6.07) is 8.73. The van der Waals surface area contributed by atoms with Gasteiger partial charge in [-0.05, 0) is 76.3 Å². The first-order chi connectivity index (χ1) is 14.5. The van der Waals surface area contributed by atoms with E-state index in [1.807, 2.05) is 0 Å². The molecule has 0 aliphatic carbocycles. The monoisotopic (exact) mass is 425 g/mol. The molecule has 0 N–H and O–H groups in total. The average molecular weight is 426 g/mol. The summed E-state index contributed by atoms with van der Waals surface area (Å²) in [4.78, 5) is 22.7. The van der Waals surface area contributed by atoms with Crippen molar-refractivity contribution in [2.45, 2.75) is 46.5 Å². The first kappa shape index (κ1) is 21.4. The number of piperazine rings is 1. The van der Waals surface area contributed by atoms with Crippen molar-refractivity contribution in [3.05, 3.63) is 50.7 Å². The second-order valence-electron chi connectivity index (χ2n) is 8.84. The van der Waals surface area contributed by atoms with Crippen LogP contribution in [0.4, 0.5) is 5.69 Å². The van der Waals surface area contributed by atoms with Crippen molar-refractivity contribution in [2.75, 3.05) is 50.7 Å². The Balaban J connectivity index is 1.20. The molecule has 1 saturated heterocycles. The molecule has 162 valence electrons. The van der Waals surface area contributed by atoms with E-state index in [0.717, 1.165) is 70.6 Å². The smallest absolute Gasteiger partial charge is 0.254 e. The van der Waals surface area contributed by atoms with Gasteiger partial charge in [-0.2, -0.15) is 0 Å². The van der Waals surface area contributed by atoms with E-state index in [1.54, 1.807) is 11.3 Å². The number of aryl methyl sites for hydroxylation is 3. The highest BCUT2D eigenvalue weighted by atomic mass is 32.1. The number of hydrogen-bond acceptors (Lipinski definition) is 4. The van der Waals surface area contributed by atoms with Crippen molar-refractivity contribution in [3.63, 3.8) is 0 Å². The van der Waals surface area contributed by atoms with E-state index < -0.39 is 0 Å². The fourth-order valence-corrected chi connectivity index (χ4v) is 5.84. The third kappa shape index (κ3) is 4.73. The number of fused-ring (bicyclic) bond motifs is 1. The SMILES string of the molecule is Cc1cc2c(s1)CCCN(CCCCN1CCN(c3cccc(C)c3C)CC1)C2=O. The maximum Gasteiger partial charge on any atom is 0.254 e. The van der Waals surface area contributed by atoms with Gasteiger partial charge in [0.2, 0.25) is 0 Å². The molecule has 1 fully saturated rings. The third-order valence-corrected chi connectivity index (χ3v) is 7.83. The molecule has 1 aromatic heterocycles. The normalized spacial score (nSPS) is 17.9. The Bertz CT molecular complexity index is 883. The number of carbonyl (C=O) groups is 1. The number of hydrogen-bond donors (Lipinski definition) is 0. The summed E-state index contributed by atoms with van der Waals surface area (Å²) in [6.45, 7) is 14.0. The molecule has 5 heteroatoms. The van der Waals surface area contributed by atoms with Crippen LogP contribution in [0, 0.1) is 20.8 Å². The zero-order chi connectivity index (χ0) is 21.1. The Morgan fingerprint density at radius 1 is 0.967 bits per heavy atom. The van der Waals surface area contributed by atoms with Crippen molar-refractivity contribution in [1.82, 2.24) is 9.80 Å². The average Bonchev–Trinajstić information content (AvgIpc) is 3.05. The quantitative estimate of drug-likeness (QED) is 0.630. The van der Waals surface area contributed by atoms with E-state index in [9.17, 15) is 4.79 Å². The van der Waals surface area contributed by atoms with Crippen LogP contribution in [0.5, 0.6) is 0 Å². The standard InChI is InChI=1S/C25H35N3OS/c1-19-8-6-9-23(21(19)3)27-16-14-26(15-17-27)11-4-5-12-28-13-7-10-24-22(25(28)29)18-20(2)30-24/h6,8-9,18H,4-5,7,10-17H2,1-3H3. The van der Waals surface area contributed by atoms with Crippen molar-refractivity contribution in [3.8, 4) is 0 Å². The first-order valence-corrected chi connectivity index (χ1v) is 12.3. The van der Waals surface area contributed by atoms with Crippen LogP contribution in [0.1, 0.15) is 50.5 Å². The molecular weight excluding hydrogens is 390 g/mol. The van der Waals surface area contributed by atoms with Gasteiger partial charge in [-0.1, -0.05) is 12.1 Å². The van der Waals surface area contributed by atoms with Crippen molar-refractivity contribution in [1.29, 1.82) is 0 Å². The summed E-state index contributed by atoms with van der Waals surface area (Å²) in [5.41, 5.74) is 5.16. The molecule has 0 atom stereocenters. The number of carbonyl (C=O) groups excluding carboxylic acids is 1. The lowest BCUT2D eigenvalue weighted by atomic mass is 10.1. The maximum absolute atomic E-state index is 12.9. The van der Waals surface area contributed by atoms with Crippen molar-refractivity contribution in [2.24, 2.45) is 0 Å². The molecule has 2 aromatic rings. The Hall–Kier alpha value is -1.85. The number of benzene rings is 1. The molecule has 0 saturated carbocycles. The number of amides is 1. The van der Waals surface area contributed by atoms with Gasteiger partial charge in [-0.15, -0.1) is 11.3 Å².